The number of halogens is 6. The summed E-state index contributed by atoms with van der Waals surface area (Å²) in [6.45, 7) is 0. The molecule has 4 aromatic carbocycles. The molecule has 0 aliphatic heterocycles. The van der Waals surface area contributed by atoms with E-state index in [0.29, 0.717) is 24.3 Å². The second kappa shape index (κ2) is 13.3. The van der Waals surface area contributed by atoms with E-state index in [1.807, 2.05) is 0 Å². The van der Waals surface area contributed by atoms with Crippen molar-refractivity contribution in [2.24, 2.45) is 0 Å². The fourth-order valence-corrected chi connectivity index (χ4v) is 5.00. The Hall–Kier alpha value is -6.54. The van der Waals surface area contributed by atoms with Crippen LogP contribution in [0.25, 0.3) is 0 Å². The van der Waals surface area contributed by atoms with Crippen LogP contribution in [0.1, 0.15) is 63.7 Å². The van der Waals surface area contributed by atoms with Crippen LogP contribution in [0, 0.1) is 24.7 Å². The average molecular weight is 679 g/mol. The fraction of sp³-hybridized carbons (Fsp3) is 0.0857. The molecule has 0 radical (unpaired) electrons. The summed E-state index contributed by atoms with van der Waals surface area (Å²) in [5.74, 6) is -0.642. The number of aromatic carboxylic acids is 2. The second-order valence-electron chi connectivity index (χ2n) is 10.2. The van der Waals surface area contributed by atoms with Gasteiger partial charge >= 0.3 is 24.3 Å². The molecular weight excluding hydrogens is 658 g/mol. The largest absolute Gasteiger partial charge is 0.478 e. The molecule has 248 valence electrons. The van der Waals surface area contributed by atoms with Gasteiger partial charge in [-0.1, -0.05) is 36.1 Å². The first-order chi connectivity index (χ1) is 22.9. The van der Waals surface area contributed by atoms with Crippen LogP contribution in [0.4, 0.5) is 37.7 Å². The average Bonchev–Trinajstić information content (AvgIpc) is 3.04. The lowest BCUT2D eigenvalue weighted by molar-refractivity contribution is -0.288. The third kappa shape index (κ3) is 6.80. The first-order valence-corrected chi connectivity index (χ1v) is 13.6. The lowest BCUT2D eigenvalue weighted by Gasteiger charge is -2.38. The van der Waals surface area contributed by atoms with Crippen LogP contribution in [-0.2, 0) is 5.41 Å². The monoisotopic (exact) mass is 678 g/mol. The maximum Gasteiger partial charge on any atom is 0.411 e. The van der Waals surface area contributed by atoms with E-state index >= 15 is 0 Å². The number of carboxylic acids is 2. The van der Waals surface area contributed by atoms with Crippen molar-refractivity contribution in [2.75, 3.05) is 10.6 Å². The Morgan fingerprint density at radius 1 is 0.531 bits per heavy atom. The highest BCUT2D eigenvalue weighted by atomic mass is 19.4. The van der Waals surface area contributed by atoms with E-state index in [4.69, 9.17) is 12.8 Å². The van der Waals surface area contributed by atoms with Crippen LogP contribution in [-0.4, -0.2) is 46.3 Å². The molecule has 4 aromatic rings. The number of terminal acetylenes is 2. The van der Waals surface area contributed by atoms with Crippen molar-refractivity contribution in [1.29, 1.82) is 0 Å². The van der Waals surface area contributed by atoms with Gasteiger partial charge in [0.25, 0.3) is 11.8 Å². The third-order valence-electron chi connectivity index (χ3n) is 7.32. The Morgan fingerprint density at radius 2 is 0.898 bits per heavy atom. The molecule has 4 N–H and O–H groups in total. The van der Waals surface area contributed by atoms with E-state index in [9.17, 15) is 55.7 Å². The fourth-order valence-electron chi connectivity index (χ4n) is 5.00. The van der Waals surface area contributed by atoms with Crippen molar-refractivity contribution in [3.63, 3.8) is 0 Å². The molecule has 0 bridgehead atoms. The third-order valence-corrected chi connectivity index (χ3v) is 7.32. The lowest BCUT2D eigenvalue weighted by Crippen LogP contribution is -2.54. The molecule has 0 aliphatic carbocycles. The highest BCUT2D eigenvalue weighted by Gasteiger charge is 2.72. The molecular formula is C35H20F6N2O6. The maximum atomic E-state index is 14.7. The lowest BCUT2D eigenvalue weighted by atomic mass is 9.73. The van der Waals surface area contributed by atoms with Crippen LogP contribution in [0.5, 0.6) is 0 Å². The minimum absolute atomic E-state index is 0.139. The molecule has 0 heterocycles. The van der Waals surface area contributed by atoms with Crippen LogP contribution >= 0.6 is 0 Å². The molecule has 0 unspecified atom stereocenters. The number of rotatable bonds is 8. The number of hydrogen-bond donors (Lipinski definition) is 4. The molecule has 0 aromatic heterocycles. The first-order valence-electron chi connectivity index (χ1n) is 13.6. The van der Waals surface area contributed by atoms with Gasteiger partial charge in [-0.15, -0.1) is 12.8 Å². The van der Waals surface area contributed by atoms with Gasteiger partial charge in [0.05, 0.1) is 22.3 Å². The highest BCUT2D eigenvalue weighted by Crippen LogP contribution is 2.56. The number of nitrogens with one attached hydrogen (secondary N) is 2. The van der Waals surface area contributed by atoms with E-state index in [-0.39, 0.29) is 28.1 Å². The van der Waals surface area contributed by atoms with Crippen molar-refractivity contribution in [2.45, 2.75) is 17.8 Å². The van der Waals surface area contributed by atoms with Crippen LogP contribution in [0.2, 0.25) is 0 Å². The minimum Gasteiger partial charge on any atom is -0.478 e. The highest BCUT2D eigenvalue weighted by molar-refractivity contribution is 6.11. The van der Waals surface area contributed by atoms with Gasteiger partial charge in [-0.3, -0.25) is 9.59 Å². The zero-order valence-corrected chi connectivity index (χ0v) is 24.5. The Kier molecular flexibility index (Phi) is 9.58. The van der Waals surface area contributed by atoms with E-state index in [0.717, 1.165) is 48.5 Å². The Morgan fingerprint density at radius 3 is 1.27 bits per heavy atom. The quantitative estimate of drug-likeness (QED) is 0.118. The predicted molar refractivity (Wildman–Crippen MR) is 164 cm³/mol. The SMILES string of the molecule is C#Cc1ccc(C(=O)Nc2ccc(C(c3ccc(NC(=O)c4cc(C#C)ccc4C(=O)O)cc3)(C(F)(F)F)C(F)(F)F)cc2)c(C(=O)O)c1. The summed E-state index contributed by atoms with van der Waals surface area (Å²) >= 11 is 0. The van der Waals surface area contributed by atoms with Crippen molar-refractivity contribution in [3.8, 4) is 24.7 Å². The van der Waals surface area contributed by atoms with Gasteiger partial charge in [0, 0.05) is 22.5 Å². The number of alkyl halides is 6. The zero-order chi connectivity index (χ0) is 36.3. The van der Waals surface area contributed by atoms with E-state index in [1.54, 1.807) is 0 Å². The van der Waals surface area contributed by atoms with Gasteiger partial charge < -0.3 is 20.8 Å². The van der Waals surface area contributed by atoms with Gasteiger partial charge in [-0.05, 0) is 71.8 Å². The summed E-state index contributed by atoms with van der Waals surface area (Å²) in [5, 5.41) is 23.3. The molecule has 4 rings (SSSR count). The molecule has 14 heteroatoms. The predicted octanol–water partition coefficient (Wildman–Crippen LogP) is 6.96. The Labute approximate surface area is 273 Å². The summed E-state index contributed by atoms with van der Waals surface area (Å²) in [7, 11) is 0. The Bertz CT molecular complexity index is 2040. The second-order valence-corrected chi connectivity index (χ2v) is 10.2. The minimum atomic E-state index is -5.97. The number of carbonyl (C=O) groups excluding carboxylic acids is 2. The van der Waals surface area contributed by atoms with Crippen LogP contribution in [0.3, 0.4) is 0 Å². The number of carboxylic acid groups (broad SMARTS) is 2. The van der Waals surface area contributed by atoms with Crippen molar-refractivity contribution >= 4 is 35.1 Å². The van der Waals surface area contributed by atoms with Gasteiger partial charge in [0.15, 0.2) is 0 Å². The number of hydrogen-bond acceptors (Lipinski definition) is 4. The van der Waals surface area contributed by atoms with Gasteiger partial charge in [0.1, 0.15) is 0 Å². The number of benzene rings is 4. The summed E-state index contributed by atoms with van der Waals surface area (Å²) in [6.07, 6.45) is -1.40. The molecule has 0 aliphatic rings. The van der Waals surface area contributed by atoms with Crippen molar-refractivity contribution in [3.05, 3.63) is 129 Å². The van der Waals surface area contributed by atoms with Crippen molar-refractivity contribution in [1.82, 2.24) is 0 Å². The smallest absolute Gasteiger partial charge is 0.411 e. The molecule has 8 nitrogen and oxygen atoms in total. The zero-order valence-electron chi connectivity index (χ0n) is 24.5. The van der Waals surface area contributed by atoms with Gasteiger partial charge in [-0.2, -0.15) is 26.3 Å². The van der Waals surface area contributed by atoms with Crippen LogP contribution in [0.15, 0.2) is 84.9 Å². The van der Waals surface area contributed by atoms with Crippen LogP contribution < -0.4 is 10.6 Å². The number of anilines is 2. The molecule has 0 atom stereocenters. The summed E-state index contributed by atoms with van der Waals surface area (Å²) in [5.41, 5.74) is -9.08. The maximum absolute atomic E-state index is 14.7. The molecule has 0 spiro atoms. The van der Waals surface area contributed by atoms with E-state index in [1.165, 1.54) is 12.1 Å². The van der Waals surface area contributed by atoms with E-state index in [2.05, 4.69) is 22.5 Å². The van der Waals surface area contributed by atoms with E-state index < -0.39 is 69.3 Å². The Balaban J connectivity index is 1.70. The number of amides is 2. The number of carbonyl (C=O) groups is 4. The van der Waals surface area contributed by atoms with Gasteiger partial charge in [0.2, 0.25) is 5.41 Å². The summed E-state index contributed by atoms with van der Waals surface area (Å²) in [6, 6.07) is 12.0. The topological polar surface area (TPSA) is 133 Å². The standard InChI is InChI=1S/C35H20F6N2O6/c1-3-19-6-16-26(31(46)47)27(17-19)30(45)43-24-13-9-22(10-14-24)33(34(36,37)38,35(39,40)41)21-7-11-23(12-8-21)42-29(44)25-15-5-20(4-2)18-28(25)32(48)49/h1-2,5-18H,(H,42,44)(H,43,45)(H,46,47)(H,48,49). The van der Waals surface area contributed by atoms with Gasteiger partial charge in [-0.25, -0.2) is 9.59 Å². The summed E-state index contributed by atoms with van der Waals surface area (Å²) < 4.78 is 88.1. The van der Waals surface area contributed by atoms with Crippen molar-refractivity contribution < 1.29 is 55.7 Å². The normalized spacial score (nSPS) is 11.5. The molecule has 0 saturated carbocycles. The molecule has 0 saturated heterocycles. The summed E-state index contributed by atoms with van der Waals surface area (Å²) in [4.78, 5) is 48.8. The molecule has 0 fully saturated rings. The molecule has 49 heavy (non-hydrogen) atoms. The molecule has 2 amide bonds. The first kappa shape index (κ1) is 35.3.